The Morgan fingerprint density at radius 2 is 2.05 bits per heavy atom. The van der Waals surface area contributed by atoms with Crippen molar-refractivity contribution < 1.29 is 9.59 Å². The predicted molar refractivity (Wildman–Crippen MR) is 84.7 cm³/mol. The smallest absolute Gasteiger partial charge is 0.264 e. The van der Waals surface area contributed by atoms with Gasteiger partial charge in [0.2, 0.25) is 5.91 Å². The summed E-state index contributed by atoms with van der Waals surface area (Å²) in [6.45, 7) is 4.47. The van der Waals surface area contributed by atoms with Crippen molar-refractivity contribution in [3.63, 3.8) is 0 Å². The van der Waals surface area contributed by atoms with Gasteiger partial charge < -0.3 is 15.5 Å². The van der Waals surface area contributed by atoms with Gasteiger partial charge in [0.05, 0.1) is 11.4 Å². The lowest BCUT2D eigenvalue weighted by atomic mass is 10.4. The third kappa shape index (κ3) is 6.88. The average molecular weight is 320 g/mol. The van der Waals surface area contributed by atoms with Gasteiger partial charge >= 0.3 is 0 Å². The molecule has 0 atom stereocenters. The molecule has 0 fully saturated rings. The van der Waals surface area contributed by atoms with Crippen LogP contribution in [0.4, 0.5) is 0 Å². The number of carbonyl (C=O) groups excluding carboxylic acids is 2. The number of nitrogens with one attached hydrogen (secondary N) is 2. The van der Waals surface area contributed by atoms with E-state index in [-0.39, 0.29) is 30.8 Å². The van der Waals surface area contributed by atoms with Gasteiger partial charge in [-0.15, -0.1) is 23.7 Å². The van der Waals surface area contributed by atoms with Gasteiger partial charge in [-0.1, -0.05) is 13.0 Å². The van der Waals surface area contributed by atoms with E-state index >= 15 is 0 Å². The summed E-state index contributed by atoms with van der Waals surface area (Å²) in [5, 5.41) is 7.82. The SMILES string of the molecule is CCCNCCNC(=O)CN(C)C(=O)c1cccs1.Cl. The van der Waals surface area contributed by atoms with E-state index in [0.29, 0.717) is 11.4 Å². The minimum atomic E-state index is -0.134. The highest BCUT2D eigenvalue weighted by Gasteiger charge is 2.15. The van der Waals surface area contributed by atoms with E-state index in [2.05, 4.69) is 17.6 Å². The first-order valence-electron chi connectivity index (χ1n) is 6.41. The average Bonchev–Trinajstić information content (AvgIpc) is 2.91. The number of carbonyl (C=O) groups is 2. The molecule has 2 amide bonds. The molecule has 0 spiro atoms. The topological polar surface area (TPSA) is 61.4 Å². The van der Waals surface area contributed by atoms with E-state index in [1.165, 1.54) is 16.2 Å². The van der Waals surface area contributed by atoms with Gasteiger partial charge in [-0.3, -0.25) is 9.59 Å². The Labute approximate surface area is 130 Å². The van der Waals surface area contributed by atoms with Crippen LogP contribution in [0, 0.1) is 0 Å². The summed E-state index contributed by atoms with van der Waals surface area (Å²) in [7, 11) is 1.64. The first kappa shape index (κ1) is 18.9. The lowest BCUT2D eigenvalue weighted by Gasteiger charge is -2.15. The molecule has 1 aromatic rings. The number of likely N-dealkylation sites (N-methyl/N-ethyl adjacent to an activating group) is 1. The second kappa shape index (κ2) is 10.7. The van der Waals surface area contributed by atoms with Crippen LogP contribution in [0.2, 0.25) is 0 Å². The molecule has 1 rings (SSSR count). The molecule has 20 heavy (non-hydrogen) atoms. The number of thiophene rings is 1. The molecule has 1 aromatic heterocycles. The fourth-order valence-electron chi connectivity index (χ4n) is 1.52. The molecule has 5 nitrogen and oxygen atoms in total. The molecule has 0 aliphatic rings. The van der Waals surface area contributed by atoms with Crippen LogP contribution in [-0.2, 0) is 4.79 Å². The van der Waals surface area contributed by atoms with Crippen molar-refractivity contribution in [2.75, 3.05) is 33.2 Å². The summed E-state index contributed by atoms with van der Waals surface area (Å²) < 4.78 is 0. The van der Waals surface area contributed by atoms with E-state index in [1.807, 2.05) is 11.4 Å². The monoisotopic (exact) mass is 319 g/mol. The minimum Gasteiger partial charge on any atom is -0.353 e. The second-order valence-corrected chi connectivity index (χ2v) is 5.19. The molecule has 0 unspecified atom stereocenters. The number of hydrogen-bond donors (Lipinski definition) is 2. The van der Waals surface area contributed by atoms with Crippen LogP contribution in [0.5, 0.6) is 0 Å². The lowest BCUT2D eigenvalue weighted by molar-refractivity contribution is -0.121. The Morgan fingerprint density at radius 1 is 1.30 bits per heavy atom. The number of amides is 2. The summed E-state index contributed by atoms with van der Waals surface area (Å²) in [5.74, 6) is -0.250. The van der Waals surface area contributed by atoms with Gasteiger partial charge in [0.25, 0.3) is 5.91 Å². The third-order valence-corrected chi connectivity index (χ3v) is 3.37. The molecule has 0 aromatic carbocycles. The Balaban J connectivity index is 0.00000361. The number of hydrogen-bond acceptors (Lipinski definition) is 4. The van der Waals surface area contributed by atoms with E-state index in [0.717, 1.165) is 19.5 Å². The fourth-order valence-corrected chi connectivity index (χ4v) is 2.24. The first-order chi connectivity index (χ1) is 9.15. The highest BCUT2D eigenvalue weighted by atomic mass is 35.5. The van der Waals surface area contributed by atoms with Gasteiger partial charge in [0, 0.05) is 20.1 Å². The quantitative estimate of drug-likeness (QED) is 0.711. The van der Waals surface area contributed by atoms with Crippen molar-refractivity contribution in [3.8, 4) is 0 Å². The lowest BCUT2D eigenvalue weighted by Crippen LogP contribution is -2.40. The van der Waals surface area contributed by atoms with Crippen LogP contribution in [-0.4, -0.2) is 49.9 Å². The van der Waals surface area contributed by atoms with Gasteiger partial charge in [-0.05, 0) is 24.4 Å². The number of nitrogens with zero attached hydrogens (tertiary/aromatic N) is 1. The Kier molecular flexibility index (Phi) is 10.1. The van der Waals surface area contributed by atoms with E-state index < -0.39 is 0 Å². The maximum absolute atomic E-state index is 11.9. The van der Waals surface area contributed by atoms with Gasteiger partial charge in [0.15, 0.2) is 0 Å². The van der Waals surface area contributed by atoms with Crippen LogP contribution in [0.3, 0.4) is 0 Å². The highest BCUT2D eigenvalue weighted by molar-refractivity contribution is 7.12. The Bertz CT molecular complexity index is 398. The van der Waals surface area contributed by atoms with Crippen LogP contribution < -0.4 is 10.6 Å². The van der Waals surface area contributed by atoms with Crippen molar-refractivity contribution in [2.24, 2.45) is 0 Å². The molecule has 0 saturated carbocycles. The zero-order valence-electron chi connectivity index (χ0n) is 11.8. The molecule has 114 valence electrons. The molecular weight excluding hydrogens is 298 g/mol. The maximum atomic E-state index is 11.9. The predicted octanol–water partition coefficient (Wildman–Crippen LogP) is 1.36. The van der Waals surface area contributed by atoms with Crippen LogP contribution >= 0.6 is 23.7 Å². The van der Waals surface area contributed by atoms with Gasteiger partial charge in [0.1, 0.15) is 0 Å². The molecule has 2 N–H and O–H groups in total. The highest BCUT2D eigenvalue weighted by Crippen LogP contribution is 2.10. The van der Waals surface area contributed by atoms with Crippen LogP contribution in [0.15, 0.2) is 17.5 Å². The molecule has 0 saturated heterocycles. The Morgan fingerprint density at radius 3 is 2.65 bits per heavy atom. The van der Waals surface area contributed by atoms with Crippen LogP contribution in [0.1, 0.15) is 23.0 Å². The second-order valence-electron chi connectivity index (χ2n) is 4.24. The van der Waals surface area contributed by atoms with E-state index in [1.54, 1.807) is 13.1 Å². The maximum Gasteiger partial charge on any atom is 0.264 e. The van der Waals surface area contributed by atoms with Crippen molar-refractivity contribution in [2.45, 2.75) is 13.3 Å². The molecular formula is C13H22ClN3O2S. The molecule has 1 heterocycles. The first-order valence-corrected chi connectivity index (χ1v) is 7.29. The zero-order valence-corrected chi connectivity index (χ0v) is 13.5. The van der Waals surface area contributed by atoms with Gasteiger partial charge in [-0.2, -0.15) is 0 Å². The minimum absolute atomic E-state index is 0. The zero-order chi connectivity index (χ0) is 14.1. The summed E-state index contributed by atoms with van der Waals surface area (Å²) in [4.78, 5) is 25.6. The number of rotatable bonds is 8. The van der Waals surface area contributed by atoms with Crippen LogP contribution in [0.25, 0.3) is 0 Å². The van der Waals surface area contributed by atoms with E-state index in [9.17, 15) is 9.59 Å². The normalized spacial score (nSPS) is 9.70. The molecule has 0 aliphatic carbocycles. The van der Waals surface area contributed by atoms with Crippen molar-refractivity contribution in [1.82, 2.24) is 15.5 Å². The third-order valence-electron chi connectivity index (χ3n) is 2.51. The molecule has 0 bridgehead atoms. The Hall–Kier alpha value is -1.11. The van der Waals surface area contributed by atoms with E-state index in [4.69, 9.17) is 0 Å². The summed E-state index contributed by atoms with van der Waals surface area (Å²) in [5.41, 5.74) is 0. The van der Waals surface area contributed by atoms with Crippen molar-refractivity contribution in [1.29, 1.82) is 0 Å². The van der Waals surface area contributed by atoms with Crippen molar-refractivity contribution >= 4 is 35.6 Å². The molecule has 0 aliphatic heterocycles. The van der Waals surface area contributed by atoms with Crippen molar-refractivity contribution in [3.05, 3.63) is 22.4 Å². The molecule has 7 heteroatoms. The fraction of sp³-hybridized carbons (Fsp3) is 0.538. The molecule has 0 radical (unpaired) electrons. The summed E-state index contributed by atoms with van der Waals surface area (Å²) >= 11 is 1.38. The standard InChI is InChI=1S/C13H21N3O2S.ClH/c1-3-6-14-7-8-15-12(17)10-16(2)13(18)11-5-4-9-19-11;/h4-5,9,14H,3,6-8,10H2,1-2H3,(H,15,17);1H. The summed E-state index contributed by atoms with van der Waals surface area (Å²) in [6, 6.07) is 3.58. The largest absolute Gasteiger partial charge is 0.353 e. The number of halogens is 1. The summed E-state index contributed by atoms with van der Waals surface area (Å²) in [6.07, 6.45) is 1.08. The van der Waals surface area contributed by atoms with Gasteiger partial charge in [-0.25, -0.2) is 0 Å².